The van der Waals surface area contributed by atoms with Gasteiger partial charge in [-0.25, -0.2) is 4.79 Å². The van der Waals surface area contributed by atoms with Crippen LogP contribution >= 0.6 is 0 Å². The number of benzene rings is 2. The molecule has 0 heterocycles. The third-order valence-electron chi connectivity index (χ3n) is 3.52. The summed E-state index contributed by atoms with van der Waals surface area (Å²) < 4.78 is 31.3. The van der Waals surface area contributed by atoms with Crippen molar-refractivity contribution in [1.29, 1.82) is 0 Å². The molecule has 0 aliphatic rings. The van der Waals surface area contributed by atoms with Crippen molar-refractivity contribution in [3.63, 3.8) is 0 Å². The van der Waals surface area contributed by atoms with Crippen molar-refractivity contribution >= 4 is 19.3 Å². The number of unbranched alkanes of at least 4 members (excludes halogenated alkanes) is 1. The second-order valence-electron chi connectivity index (χ2n) is 5.51. The predicted molar refractivity (Wildman–Crippen MR) is 101 cm³/mol. The number of esters is 2. The molecule has 0 radical (unpaired) electrons. The van der Waals surface area contributed by atoms with Crippen LogP contribution in [0.4, 0.5) is 0 Å². The van der Waals surface area contributed by atoms with E-state index in [-0.39, 0.29) is 25.5 Å². The zero-order chi connectivity index (χ0) is 20.2. The Morgan fingerprint density at radius 1 is 1.00 bits per heavy atom. The van der Waals surface area contributed by atoms with E-state index in [0.29, 0.717) is 30.8 Å². The Morgan fingerprint density at radius 3 is 2.46 bits per heavy atom. The van der Waals surface area contributed by atoms with Gasteiger partial charge in [-0.2, -0.15) is 0 Å². The normalized spacial score (nSPS) is 9.71. The molecule has 0 aliphatic carbocycles. The average molecular weight is 382 g/mol. The summed E-state index contributed by atoms with van der Waals surface area (Å²) in [6.45, 7) is 3.96. The van der Waals surface area contributed by atoms with Gasteiger partial charge in [-0.05, 0) is 0 Å². The predicted octanol–water partition coefficient (Wildman–Crippen LogP) is 3.14. The molecule has 8 heteroatoms. The first-order valence-corrected chi connectivity index (χ1v) is 8.57. The molecule has 0 atom stereocenters. The van der Waals surface area contributed by atoms with Gasteiger partial charge >= 0.3 is 145 Å². The Labute approximate surface area is 163 Å². The first kappa shape index (κ1) is 20.9. The van der Waals surface area contributed by atoms with Crippen molar-refractivity contribution in [3.05, 3.63) is 66.7 Å². The fourth-order valence-electron chi connectivity index (χ4n) is 2.17. The fourth-order valence-corrected chi connectivity index (χ4v) is 2.17. The Hall–Kier alpha value is -3.42. The number of ether oxygens (including phenoxy) is 3. The second-order valence-corrected chi connectivity index (χ2v) is 5.51. The van der Waals surface area contributed by atoms with Gasteiger partial charge in [0.2, 0.25) is 0 Å². The summed E-state index contributed by atoms with van der Waals surface area (Å²) >= 11 is 0. The number of carbonyl (C=O) groups excluding carboxylic acids is 2. The minimum atomic E-state index is -0.586. The van der Waals surface area contributed by atoms with Crippen LogP contribution in [-0.4, -0.2) is 32.5 Å². The Kier molecular flexibility index (Phi) is 8.45. The van der Waals surface area contributed by atoms with E-state index < -0.39 is 11.9 Å². The molecule has 2 aromatic carbocycles. The number of hydrogen-bond acceptors (Lipinski definition) is 7. The van der Waals surface area contributed by atoms with Gasteiger partial charge in [0, 0.05) is 6.08 Å². The van der Waals surface area contributed by atoms with E-state index in [0.717, 1.165) is 6.08 Å². The van der Waals surface area contributed by atoms with Crippen LogP contribution in [0, 0.1) is 0 Å². The van der Waals surface area contributed by atoms with E-state index in [1.54, 1.807) is 36.4 Å². The van der Waals surface area contributed by atoms with Crippen molar-refractivity contribution in [2.24, 2.45) is 0 Å². The van der Waals surface area contributed by atoms with Gasteiger partial charge < -0.3 is 0 Å². The molecule has 28 heavy (non-hydrogen) atoms. The SMILES string of the molecule is C=CC(=O)OCCCCOc1ccc(OB=O)c(OC(=O)c2ccccc2)c1. The van der Waals surface area contributed by atoms with Gasteiger partial charge in [-0.15, -0.1) is 0 Å². The second kappa shape index (κ2) is 11.3. The minimum absolute atomic E-state index is 0.0679. The summed E-state index contributed by atoms with van der Waals surface area (Å²) in [5, 5.41) is 0. The van der Waals surface area contributed by atoms with Gasteiger partial charge in [-0.3, -0.25) is 0 Å². The Balaban J connectivity index is 1.94. The van der Waals surface area contributed by atoms with Gasteiger partial charge in [0.1, 0.15) is 0 Å². The average Bonchev–Trinajstić information content (AvgIpc) is 2.72. The zero-order valence-electron chi connectivity index (χ0n) is 15.2. The van der Waals surface area contributed by atoms with E-state index in [9.17, 15) is 14.3 Å². The maximum absolute atomic E-state index is 12.2. The molecule has 0 saturated heterocycles. The van der Waals surface area contributed by atoms with E-state index in [1.807, 2.05) is 0 Å². The molecule has 7 nitrogen and oxygen atoms in total. The zero-order valence-corrected chi connectivity index (χ0v) is 15.2. The fraction of sp³-hybridized carbons (Fsp3) is 0.200. The molecule has 0 fully saturated rings. The molecular formula is C20H19BO7. The number of rotatable bonds is 11. The standard InChI is InChI=1S/C20H19BO7/c1-2-19(22)26-13-7-6-12-25-16-10-11-17(28-21-24)18(14-16)27-20(23)15-8-4-3-5-9-15/h2-5,8-11,14H,1,6-7,12-13H2. The molecule has 0 amide bonds. The molecule has 2 aromatic rings. The molecule has 0 unspecified atom stereocenters. The third-order valence-corrected chi connectivity index (χ3v) is 3.52. The number of carbonyl (C=O) groups is 2. The first-order valence-electron chi connectivity index (χ1n) is 8.57. The monoisotopic (exact) mass is 382 g/mol. The molecular weight excluding hydrogens is 363 g/mol. The van der Waals surface area contributed by atoms with E-state index in [4.69, 9.17) is 18.9 Å². The third kappa shape index (κ3) is 6.72. The summed E-state index contributed by atoms with van der Waals surface area (Å²) in [5.74, 6) is -0.437. The molecule has 0 bridgehead atoms. The van der Waals surface area contributed by atoms with Crippen LogP contribution in [0.1, 0.15) is 23.2 Å². The van der Waals surface area contributed by atoms with Crippen molar-refractivity contribution < 1.29 is 33.2 Å². The van der Waals surface area contributed by atoms with Crippen LogP contribution in [0.2, 0.25) is 0 Å². The molecule has 0 aromatic heterocycles. The van der Waals surface area contributed by atoms with E-state index in [1.165, 1.54) is 12.1 Å². The molecule has 0 spiro atoms. The summed E-state index contributed by atoms with van der Waals surface area (Å²) in [6.07, 6.45) is 2.38. The molecule has 0 aliphatic heterocycles. The van der Waals surface area contributed by atoms with Crippen molar-refractivity contribution in [3.8, 4) is 17.2 Å². The summed E-state index contributed by atoms with van der Waals surface area (Å²) in [6, 6.07) is 13.0. The van der Waals surface area contributed by atoms with Crippen LogP contribution in [0.5, 0.6) is 17.2 Å². The van der Waals surface area contributed by atoms with Gasteiger partial charge in [0.25, 0.3) is 0 Å². The summed E-state index contributed by atoms with van der Waals surface area (Å²) in [7, 11) is 0.250. The maximum atomic E-state index is 12.2. The van der Waals surface area contributed by atoms with E-state index in [2.05, 4.69) is 6.58 Å². The Morgan fingerprint density at radius 2 is 1.75 bits per heavy atom. The van der Waals surface area contributed by atoms with Crippen molar-refractivity contribution in [1.82, 2.24) is 0 Å². The van der Waals surface area contributed by atoms with Crippen molar-refractivity contribution in [2.45, 2.75) is 12.8 Å². The van der Waals surface area contributed by atoms with Gasteiger partial charge in [-0.1, -0.05) is 6.58 Å². The number of hydrogen-bond donors (Lipinski definition) is 0. The first-order chi connectivity index (χ1) is 13.6. The van der Waals surface area contributed by atoms with Gasteiger partial charge in [0.05, 0.1) is 0 Å². The van der Waals surface area contributed by atoms with E-state index >= 15 is 0 Å². The van der Waals surface area contributed by atoms with Crippen LogP contribution in [0.25, 0.3) is 0 Å². The van der Waals surface area contributed by atoms with Gasteiger partial charge in [0.15, 0.2) is 0 Å². The van der Waals surface area contributed by atoms with Crippen molar-refractivity contribution in [2.75, 3.05) is 13.2 Å². The molecule has 2 rings (SSSR count). The van der Waals surface area contributed by atoms with Crippen LogP contribution in [-0.2, 0) is 14.2 Å². The quantitative estimate of drug-likeness (QED) is 0.194. The summed E-state index contributed by atoms with van der Waals surface area (Å²) in [5.41, 5.74) is 0.361. The van der Waals surface area contributed by atoms with Crippen LogP contribution in [0.15, 0.2) is 61.2 Å². The molecule has 0 saturated carbocycles. The molecule has 144 valence electrons. The topological polar surface area (TPSA) is 88.1 Å². The Bertz CT molecular complexity index is 821. The molecule has 0 N–H and O–H groups in total. The van der Waals surface area contributed by atoms with Crippen LogP contribution < -0.4 is 14.1 Å². The summed E-state index contributed by atoms with van der Waals surface area (Å²) in [4.78, 5) is 23.2. The van der Waals surface area contributed by atoms with Crippen LogP contribution in [0.3, 0.4) is 0 Å².